The highest BCUT2D eigenvalue weighted by molar-refractivity contribution is 9.10. The number of methoxy groups -OCH3 is 1. The zero-order valence-corrected chi connectivity index (χ0v) is 14.2. The maximum absolute atomic E-state index is 12.5. The Morgan fingerprint density at radius 2 is 1.81 bits per heavy atom. The van der Waals surface area contributed by atoms with Crippen LogP contribution in [0.4, 0.5) is 5.69 Å². The van der Waals surface area contributed by atoms with Crippen LogP contribution in [0, 0.1) is 13.8 Å². The molecular weight excluding hydrogens is 356 g/mol. The molecule has 1 aromatic carbocycles. The van der Waals surface area contributed by atoms with Gasteiger partial charge in [-0.1, -0.05) is 0 Å². The van der Waals surface area contributed by atoms with Gasteiger partial charge < -0.3 is 4.74 Å². The molecule has 5 nitrogen and oxygen atoms in total. The molecule has 0 aliphatic carbocycles. The van der Waals surface area contributed by atoms with E-state index in [4.69, 9.17) is 4.74 Å². The number of nitrogens with one attached hydrogen (secondary N) is 1. The van der Waals surface area contributed by atoms with E-state index in [-0.39, 0.29) is 4.90 Å². The van der Waals surface area contributed by atoms with Crippen molar-refractivity contribution in [3.8, 4) is 5.75 Å². The minimum Gasteiger partial charge on any atom is -0.497 e. The summed E-state index contributed by atoms with van der Waals surface area (Å²) in [5.74, 6) is 0.634. The van der Waals surface area contributed by atoms with E-state index in [0.29, 0.717) is 27.2 Å². The number of hydrogen-bond acceptors (Lipinski definition) is 4. The molecule has 0 aliphatic heterocycles. The molecule has 2 aromatic rings. The van der Waals surface area contributed by atoms with Gasteiger partial charge in [-0.2, -0.15) is 0 Å². The Bertz CT molecular complexity index is 735. The van der Waals surface area contributed by atoms with Gasteiger partial charge in [-0.25, -0.2) is 13.4 Å². The zero-order valence-electron chi connectivity index (χ0n) is 11.8. The Balaban J connectivity index is 2.42. The minimum atomic E-state index is -3.67. The van der Waals surface area contributed by atoms with E-state index in [1.54, 1.807) is 45.2 Å². The molecule has 0 atom stereocenters. The molecule has 1 heterocycles. The largest absolute Gasteiger partial charge is 0.497 e. The molecule has 1 aromatic heterocycles. The Hall–Kier alpha value is -1.60. The number of aryl methyl sites for hydroxylation is 2. The van der Waals surface area contributed by atoms with Gasteiger partial charge in [0.25, 0.3) is 10.0 Å². The predicted octanol–water partition coefficient (Wildman–Crippen LogP) is 3.27. The van der Waals surface area contributed by atoms with Crippen LogP contribution in [-0.4, -0.2) is 20.5 Å². The quantitative estimate of drug-likeness (QED) is 0.838. The third-order valence-electron chi connectivity index (χ3n) is 2.92. The van der Waals surface area contributed by atoms with Crippen molar-refractivity contribution in [1.29, 1.82) is 0 Å². The second kappa shape index (κ2) is 6.03. The first-order valence-corrected chi connectivity index (χ1v) is 8.40. The third-order valence-corrected chi connectivity index (χ3v) is 5.07. The molecule has 0 spiro atoms. The lowest BCUT2D eigenvalue weighted by atomic mass is 10.1. The lowest BCUT2D eigenvalue weighted by molar-refractivity contribution is 0.413. The molecule has 0 amide bonds. The lowest BCUT2D eigenvalue weighted by Gasteiger charge is -2.14. The Morgan fingerprint density at radius 3 is 2.29 bits per heavy atom. The van der Waals surface area contributed by atoms with Crippen LogP contribution < -0.4 is 9.46 Å². The zero-order chi connectivity index (χ0) is 15.6. The summed E-state index contributed by atoms with van der Waals surface area (Å²) < 4.78 is 33.4. The van der Waals surface area contributed by atoms with Gasteiger partial charge in [0.2, 0.25) is 0 Å². The van der Waals surface area contributed by atoms with E-state index >= 15 is 0 Å². The predicted molar refractivity (Wildman–Crippen MR) is 85.2 cm³/mol. The summed E-state index contributed by atoms with van der Waals surface area (Å²) in [6.07, 6.45) is 1.45. The van der Waals surface area contributed by atoms with Crippen LogP contribution in [0.25, 0.3) is 0 Å². The standard InChI is InChI=1S/C14H15BrN2O3S/c1-9-6-12(20-3)7-10(2)14(9)21(18,19)17-11-4-5-13(15)16-8-11/h4-8,17H,1-3H3. The van der Waals surface area contributed by atoms with Gasteiger partial charge in [0.05, 0.1) is 23.9 Å². The number of sulfonamides is 1. The van der Waals surface area contributed by atoms with Crippen molar-refractivity contribution >= 4 is 31.6 Å². The molecule has 112 valence electrons. The van der Waals surface area contributed by atoms with E-state index < -0.39 is 10.0 Å². The molecule has 0 radical (unpaired) electrons. The van der Waals surface area contributed by atoms with Crippen molar-refractivity contribution in [2.45, 2.75) is 18.7 Å². The highest BCUT2D eigenvalue weighted by Gasteiger charge is 2.20. The lowest BCUT2D eigenvalue weighted by Crippen LogP contribution is -2.16. The van der Waals surface area contributed by atoms with Gasteiger partial charge in [-0.05, 0) is 65.2 Å². The Labute approximate surface area is 132 Å². The van der Waals surface area contributed by atoms with Crippen molar-refractivity contribution in [3.63, 3.8) is 0 Å². The van der Waals surface area contributed by atoms with E-state index in [1.807, 2.05) is 0 Å². The first-order chi connectivity index (χ1) is 9.83. The van der Waals surface area contributed by atoms with Crippen LogP contribution >= 0.6 is 15.9 Å². The number of nitrogens with zero attached hydrogens (tertiary/aromatic N) is 1. The summed E-state index contributed by atoms with van der Waals surface area (Å²) in [4.78, 5) is 4.25. The number of halogens is 1. The van der Waals surface area contributed by atoms with Gasteiger partial charge in [-0.15, -0.1) is 0 Å². The molecule has 1 N–H and O–H groups in total. The van der Waals surface area contributed by atoms with Crippen molar-refractivity contribution < 1.29 is 13.2 Å². The van der Waals surface area contributed by atoms with Crippen LogP contribution in [0.5, 0.6) is 5.75 Å². The summed E-state index contributed by atoms with van der Waals surface area (Å²) in [5, 5.41) is 0. The molecule has 2 rings (SSSR count). The topological polar surface area (TPSA) is 68.3 Å². The highest BCUT2D eigenvalue weighted by atomic mass is 79.9. The van der Waals surface area contributed by atoms with Crippen LogP contribution in [0.15, 0.2) is 40.0 Å². The second-order valence-corrected chi connectivity index (χ2v) is 7.00. The average molecular weight is 371 g/mol. The van der Waals surface area contributed by atoms with Crippen LogP contribution in [0.1, 0.15) is 11.1 Å². The smallest absolute Gasteiger partial charge is 0.262 e. The van der Waals surface area contributed by atoms with Crippen molar-refractivity contribution in [2.24, 2.45) is 0 Å². The molecule has 21 heavy (non-hydrogen) atoms. The first kappa shape index (κ1) is 15.8. The second-order valence-electron chi connectivity index (χ2n) is 4.57. The third kappa shape index (κ3) is 3.54. The van der Waals surface area contributed by atoms with E-state index in [0.717, 1.165) is 0 Å². The molecule has 0 unspecified atom stereocenters. The fourth-order valence-electron chi connectivity index (χ4n) is 2.09. The molecule has 0 fully saturated rings. The number of anilines is 1. The molecule has 0 bridgehead atoms. The monoisotopic (exact) mass is 370 g/mol. The van der Waals surface area contributed by atoms with Gasteiger partial charge in [0.1, 0.15) is 10.4 Å². The van der Waals surface area contributed by atoms with Gasteiger partial charge in [-0.3, -0.25) is 4.72 Å². The summed E-state index contributed by atoms with van der Waals surface area (Å²) >= 11 is 3.21. The van der Waals surface area contributed by atoms with Crippen molar-refractivity contribution in [3.05, 3.63) is 46.2 Å². The normalized spacial score (nSPS) is 11.2. The van der Waals surface area contributed by atoms with E-state index in [9.17, 15) is 8.42 Å². The number of aromatic nitrogens is 1. The maximum atomic E-state index is 12.5. The minimum absolute atomic E-state index is 0.256. The number of pyridine rings is 1. The van der Waals surface area contributed by atoms with Crippen LogP contribution in [0.2, 0.25) is 0 Å². The fraction of sp³-hybridized carbons (Fsp3) is 0.214. The first-order valence-electron chi connectivity index (χ1n) is 6.13. The van der Waals surface area contributed by atoms with E-state index in [2.05, 4.69) is 25.6 Å². The molecular formula is C14H15BrN2O3S. The molecule has 0 saturated carbocycles. The van der Waals surface area contributed by atoms with Gasteiger partial charge in [0.15, 0.2) is 0 Å². The molecule has 0 aliphatic rings. The van der Waals surface area contributed by atoms with Crippen molar-refractivity contribution in [2.75, 3.05) is 11.8 Å². The SMILES string of the molecule is COc1cc(C)c(S(=O)(=O)Nc2ccc(Br)nc2)c(C)c1. The fourth-order valence-corrected chi connectivity index (χ4v) is 3.83. The Morgan fingerprint density at radius 1 is 1.19 bits per heavy atom. The number of ether oxygens (including phenoxy) is 1. The molecule has 7 heteroatoms. The van der Waals surface area contributed by atoms with Gasteiger partial charge >= 0.3 is 0 Å². The number of benzene rings is 1. The average Bonchev–Trinajstić information content (AvgIpc) is 2.39. The summed E-state index contributed by atoms with van der Waals surface area (Å²) in [6, 6.07) is 6.71. The van der Waals surface area contributed by atoms with Crippen LogP contribution in [0.3, 0.4) is 0 Å². The Kier molecular flexibility index (Phi) is 4.53. The summed E-state index contributed by atoms with van der Waals surface area (Å²) in [5.41, 5.74) is 1.67. The van der Waals surface area contributed by atoms with E-state index in [1.165, 1.54) is 6.20 Å². The van der Waals surface area contributed by atoms with Crippen molar-refractivity contribution in [1.82, 2.24) is 4.98 Å². The maximum Gasteiger partial charge on any atom is 0.262 e. The van der Waals surface area contributed by atoms with Gasteiger partial charge in [0, 0.05) is 0 Å². The summed E-state index contributed by atoms with van der Waals surface area (Å²) in [6.45, 7) is 3.48. The molecule has 0 saturated heterocycles. The number of rotatable bonds is 4. The number of hydrogen-bond donors (Lipinski definition) is 1. The summed E-state index contributed by atoms with van der Waals surface area (Å²) in [7, 11) is -2.12. The highest BCUT2D eigenvalue weighted by Crippen LogP contribution is 2.27. The van der Waals surface area contributed by atoms with Crippen LogP contribution in [-0.2, 0) is 10.0 Å².